The lowest BCUT2D eigenvalue weighted by Crippen LogP contribution is -2.01. The molecule has 1 aromatic carbocycles. The van der Waals surface area contributed by atoms with Gasteiger partial charge in [0.1, 0.15) is 0 Å². The van der Waals surface area contributed by atoms with E-state index in [1.54, 1.807) is 0 Å². The number of esters is 2. The van der Waals surface area contributed by atoms with Crippen LogP contribution in [0.1, 0.15) is 5.56 Å². The first-order valence-corrected chi connectivity index (χ1v) is 4.30. The average Bonchev–Trinajstić information content (AvgIpc) is 2.58. The molecule has 0 aromatic heterocycles. The second-order valence-electron chi connectivity index (χ2n) is 3.07. The Morgan fingerprint density at radius 1 is 1.12 bits per heavy atom. The average molecular weight is 219 g/mol. The van der Waals surface area contributed by atoms with Crippen LogP contribution >= 0.6 is 0 Å². The zero-order valence-corrected chi connectivity index (χ0v) is 7.88. The fourth-order valence-corrected chi connectivity index (χ4v) is 1.32. The molecule has 16 heavy (non-hydrogen) atoms. The van der Waals surface area contributed by atoms with Crippen molar-refractivity contribution < 1.29 is 19.2 Å². The SMILES string of the molecule is O=C1C=C(c2ccc([N+](=O)[O-])cc2)C(=O)O1. The number of nitro groups is 1. The van der Waals surface area contributed by atoms with Gasteiger partial charge in [0.05, 0.1) is 10.5 Å². The molecule has 0 spiro atoms. The Hall–Kier alpha value is -2.50. The number of hydrogen-bond acceptors (Lipinski definition) is 5. The third-order valence-corrected chi connectivity index (χ3v) is 2.06. The van der Waals surface area contributed by atoms with E-state index < -0.39 is 16.9 Å². The van der Waals surface area contributed by atoms with E-state index in [4.69, 9.17) is 0 Å². The minimum atomic E-state index is -0.737. The predicted molar refractivity (Wildman–Crippen MR) is 52.2 cm³/mol. The zero-order chi connectivity index (χ0) is 11.7. The number of nitro benzene ring substituents is 1. The third kappa shape index (κ3) is 1.68. The Morgan fingerprint density at radius 3 is 2.19 bits per heavy atom. The van der Waals surface area contributed by atoms with Crippen LogP contribution in [-0.4, -0.2) is 16.9 Å². The fraction of sp³-hybridized carbons (Fsp3) is 0. The normalized spacial score (nSPS) is 14.6. The second-order valence-corrected chi connectivity index (χ2v) is 3.07. The van der Waals surface area contributed by atoms with E-state index in [1.807, 2.05) is 0 Å². The van der Waals surface area contributed by atoms with Crippen LogP contribution in [0, 0.1) is 10.1 Å². The molecule has 0 aliphatic carbocycles. The lowest BCUT2D eigenvalue weighted by Gasteiger charge is -1.98. The molecule has 1 aliphatic rings. The van der Waals surface area contributed by atoms with Crippen molar-refractivity contribution in [1.29, 1.82) is 0 Å². The largest absolute Gasteiger partial charge is 0.386 e. The lowest BCUT2D eigenvalue weighted by atomic mass is 10.1. The monoisotopic (exact) mass is 219 g/mol. The number of non-ortho nitro benzene ring substituents is 1. The Kier molecular flexibility index (Phi) is 2.24. The van der Waals surface area contributed by atoms with Crippen LogP contribution < -0.4 is 0 Å². The quantitative estimate of drug-likeness (QED) is 0.321. The van der Waals surface area contributed by atoms with Gasteiger partial charge in [0.2, 0.25) is 0 Å². The molecule has 1 aliphatic heterocycles. The van der Waals surface area contributed by atoms with E-state index in [1.165, 1.54) is 24.3 Å². The first-order valence-electron chi connectivity index (χ1n) is 4.30. The van der Waals surface area contributed by atoms with Gasteiger partial charge in [0.15, 0.2) is 0 Å². The van der Waals surface area contributed by atoms with Gasteiger partial charge in [-0.2, -0.15) is 0 Å². The molecule has 2 rings (SSSR count). The highest BCUT2D eigenvalue weighted by Gasteiger charge is 2.25. The fourth-order valence-electron chi connectivity index (χ4n) is 1.32. The summed E-state index contributed by atoms with van der Waals surface area (Å²) in [6.07, 6.45) is 1.06. The molecule has 1 aromatic rings. The van der Waals surface area contributed by atoms with Crippen LogP contribution in [0.5, 0.6) is 0 Å². The molecule has 1 heterocycles. The van der Waals surface area contributed by atoms with Crippen molar-refractivity contribution in [2.45, 2.75) is 0 Å². The van der Waals surface area contributed by atoms with Gasteiger partial charge < -0.3 is 4.74 Å². The Bertz CT molecular complexity index is 515. The molecule has 0 amide bonds. The third-order valence-electron chi connectivity index (χ3n) is 2.06. The van der Waals surface area contributed by atoms with Crippen molar-refractivity contribution in [3.63, 3.8) is 0 Å². The summed E-state index contributed by atoms with van der Waals surface area (Å²) in [7, 11) is 0. The van der Waals surface area contributed by atoms with E-state index in [0.717, 1.165) is 6.08 Å². The molecular formula is C10H5NO5. The van der Waals surface area contributed by atoms with Gasteiger partial charge in [-0.1, -0.05) is 0 Å². The molecule has 6 nitrogen and oxygen atoms in total. The first-order chi connectivity index (χ1) is 7.58. The number of hydrogen-bond donors (Lipinski definition) is 0. The van der Waals surface area contributed by atoms with Gasteiger partial charge in [0, 0.05) is 18.2 Å². The molecule has 0 radical (unpaired) electrons. The summed E-state index contributed by atoms with van der Waals surface area (Å²) < 4.78 is 4.30. The topological polar surface area (TPSA) is 86.5 Å². The number of benzene rings is 1. The molecule has 0 unspecified atom stereocenters. The van der Waals surface area contributed by atoms with Crippen LogP contribution in [0.2, 0.25) is 0 Å². The second kappa shape index (κ2) is 3.58. The molecule has 0 fully saturated rings. The van der Waals surface area contributed by atoms with Crippen LogP contribution in [0.4, 0.5) is 5.69 Å². The summed E-state index contributed by atoms with van der Waals surface area (Å²) in [5.41, 5.74) is 0.448. The van der Waals surface area contributed by atoms with Gasteiger partial charge in [-0.25, -0.2) is 9.59 Å². The van der Waals surface area contributed by atoms with Crippen molar-refractivity contribution in [2.24, 2.45) is 0 Å². The van der Waals surface area contributed by atoms with E-state index in [9.17, 15) is 19.7 Å². The number of carbonyl (C=O) groups is 2. The highest BCUT2D eigenvalue weighted by molar-refractivity contribution is 6.28. The van der Waals surface area contributed by atoms with Gasteiger partial charge in [-0.3, -0.25) is 10.1 Å². The molecule has 6 heteroatoms. The van der Waals surface area contributed by atoms with E-state index in [-0.39, 0.29) is 11.3 Å². The summed E-state index contributed by atoms with van der Waals surface area (Å²) in [5.74, 6) is -1.46. The predicted octanol–water partition coefficient (Wildman–Crippen LogP) is 1.06. The highest BCUT2D eigenvalue weighted by Crippen LogP contribution is 2.23. The Morgan fingerprint density at radius 2 is 1.75 bits per heavy atom. The van der Waals surface area contributed by atoms with E-state index in [0.29, 0.717) is 5.56 Å². The van der Waals surface area contributed by atoms with E-state index >= 15 is 0 Å². The van der Waals surface area contributed by atoms with Crippen molar-refractivity contribution in [2.75, 3.05) is 0 Å². The van der Waals surface area contributed by atoms with Crippen molar-refractivity contribution >= 4 is 23.2 Å². The van der Waals surface area contributed by atoms with Crippen molar-refractivity contribution in [1.82, 2.24) is 0 Å². The number of cyclic esters (lactones) is 2. The molecule has 0 saturated carbocycles. The van der Waals surface area contributed by atoms with Gasteiger partial charge >= 0.3 is 11.9 Å². The number of carbonyl (C=O) groups excluding carboxylic acids is 2. The maximum absolute atomic E-state index is 11.2. The lowest BCUT2D eigenvalue weighted by molar-refractivity contribution is -0.384. The van der Waals surface area contributed by atoms with Gasteiger partial charge in [0.25, 0.3) is 5.69 Å². The molecular weight excluding hydrogens is 214 g/mol. The molecule has 0 saturated heterocycles. The Balaban J connectivity index is 2.36. The number of rotatable bonds is 2. The summed E-state index contributed by atoms with van der Waals surface area (Å²) in [4.78, 5) is 31.8. The van der Waals surface area contributed by atoms with E-state index in [2.05, 4.69) is 4.74 Å². The highest BCUT2D eigenvalue weighted by atomic mass is 16.6. The van der Waals surface area contributed by atoms with Gasteiger partial charge in [-0.15, -0.1) is 0 Å². The summed E-state index contributed by atoms with van der Waals surface area (Å²) >= 11 is 0. The standard InChI is InChI=1S/C10H5NO5/c12-9-5-8(10(13)16-9)6-1-3-7(4-2-6)11(14)15/h1-5H. The maximum atomic E-state index is 11.2. The van der Waals surface area contributed by atoms with Crippen molar-refractivity contribution in [3.05, 3.63) is 46.0 Å². The van der Waals surface area contributed by atoms with Crippen LogP contribution in [0.15, 0.2) is 30.3 Å². The Labute approximate surface area is 89.3 Å². The number of nitrogens with zero attached hydrogens (tertiary/aromatic N) is 1. The molecule has 0 atom stereocenters. The smallest absolute Gasteiger partial charge is 0.346 e. The first kappa shape index (κ1) is 10.0. The summed E-state index contributed by atoms with van der Waals surface area (Å²) in [6, 6.07) is 5.30. The minimum absolute atomic E-state index is 0.0814. The molecule has 0 N–H and O–H groups in total. The molecule has 80 valence electrons. The van der Waals surface area contributed by atoms with Crippen LogP contribution in [0.25, 0.3) is 5.57 Å². The minimum Gasteiger partial charge on any atom is -0.386 e. The van der Waals surface area contributed by atoms with Crippen LogP contribution in [0.3, 0.4) is 0 Å². The van der Waals surface area contributed by atoms with Gasteiger partial charge in [-0.05, 0) is 17.7 Å². The zero-order valence-electron chi connectivity index (χ0n) is 7.88. The van der Waals surface area contributed by atoms with Crippen molar-refractivity contribution in [3.8, 4) is 0 Å². The summed E-state index contributed by atoms with van der Waals surface area (Å²) in [5, 5.41) is 10.4. The maximum Gasteiger partial charge on any atom is 0.346 e. The van der Waals surface area contributed by atoms with Crippen LogP contribution in [-0.2, 0) is 14.3 Å². The number of ether oxygens (including phenoxy) is 1. The molecule has 0 bridgehead atoms. The summed E-state index contributed by atoms with van der Waals surface area (Å²) in [6.45, 7) is 0.